The molecule has 6 aliphatic rings. The van der Waals surface area contributed by atoms with Crippen LogP contribution in [0.25, 0.3) is 10.8 Å². The van der Waals surface area contributed by atoms with E-state index in [0.717, 1.165) is 90.7 Å². The maximum absolute atomic E-state index is 14.1. The summed E-state index contributed by atoms with van der Waals surface area (Å²) in [6.07, 6.45) is 1.79. The summed E-state index contributed by atoms with van der Waals surface area (Å²) in [7, 11) is -4.01. The summed E-state index contributed by atoms with van der Waals surface area (Å²) in [4.78, 5) is 40.1. The number of aliphatic carboxylic acids is 1. The number of nitrogens with zero attached hydrogens (tertiary/aromatic N) is 4. The van der Waals surface area contributed by atoms with Crippen molar-refractivity contribution >= 4 is 50.0 Å². The molecule has 0 aromatic heterocycles. The number of quaternary nitrogens is 2. The predicted molar refractivity (Wildman–Crippen MR) is 200 cm³/mol. The molecule has 0 radical (unpaired) electrons. The number of fused-ring (bicyclic) bond motifs is 4. The molecule has 4 saturated heterocycles. The number of carboxylic acid groups (broad SMARTS) is 1. The molecule has 3 N–H and O–H groups in total. The number of benzene rings is 3. The highest BCUT2D eigenvalue weighted by molar-refractivity contribution is 7.93. The molecule has 4 fully saturated rings. The smallest absolute Gasteiger partial charge is 0.352 e. The van der Waals surface area contributed by atoms with Crippen molar-refractivity contribution in [3.63, 3.8) is 0 Å². The van der Waals surface area contributed by atoms with Gasteiger partial charge in [0, 0.05) is 23.4 Å². The Kier molecular flexibility index (Phi) is 8.71. The van der Waals surface area contributed by atoms with Gasteiger partial charge in [0.15, 0.2) is 6.54 Å². The first kappa shape index (κ1) is 35.7. The number of rotatable bonds is 12. The lowest BCUT2D eigenvalue weighted by atomic mass is 9.78. The average Bonchev–Trinajstić information content (AvgIpc) is 3.50. The monoisotopic (exact) mass is 743 g/mol. The van der Waals surface area contributed by atoms with Gasteiger partial charge in [-0.05, 0) is 53.6 Å². The minimum atomic E-state index is -4.01. The highest BCUT2D eigenvalue weighted by Gasteiger charge is 2.60. The number of anilines is 2. The van der Waals surface area contributed by atoms with E-state index >= 15 is 0 Å². The predicted octanol–water partition coefficient (Wildman–Crippen LogP) is 3.34. The number of aliphatic hydroxyl groups is 1. The Labute approximate surface area is 310 Å². The second-order valence-electron chi connectivity index (χ2n) is 16.0. The van der Waals surface area contributed by atoms with Crippen molar-refractivity contribution < 1.29 is 42.0 Å². The van der Waals surface area contributed by atoms with E-state index in [1.54, 1.807) is 19.1 Å². The molecule has 6 aliphatic heterocycles. The lowest BCUT2D eigenvalue weighted by Gasteiger charge is -2.55. The summed E-state index contributed by atoms with van der Waals surface area (Å²) >= 11 is 0. The number of β-lactam (4-membered cyclic amide) rings is 1. The maximum Gasteiger partial charge on any atom is 0.352 e. The Bertz CT molecular complexity index is 2160. The molecule has 13 heteroatoms. The fourth-order valence-electron chi connectivity index (χ4n) is 9.98. The van der Waals surface area contributed by atoms with Crippen LogP contribution in [0, 0.1) is 11.8 Å². The molecule has 4 atom stereocenters. The first-order valence-corrected chi connectivity index (χ1v) is 20.4. The molecule has 2 amide bonds. The first-order chi connectivity index (χ1) is 25.3. The summed E-state index contributed by atoms with van der Waals surface area (Å²) in [5.74, 6) is -2.82. The van der Waals surface area contributed by atoms with E-state index in [1.165, 1.54) is 21.7 Å². The van der Waals surface area contributed by atoms with E-state index < -0.39 is 45.9 Å². The molecular formula is C40H49N5O7S+2. The molecule has 12 nitrogen and oxygen atoms in total. The molecule has 6 heterocycles. The third-order valence-corrected chi connectivity index (χ3v) is 14.8. The van der Waals surface area contributed by atoms with Crippen LogP contribution in [0.5, 0.6) is 0 Å². The van der Waals surface area contributed by atoms with Crippen LogP contribution in [0.15, 0.2) is 70.8 Å². The molecule has 0 saturated carbocycles. The van der Waals surface area contributed by atoms with Crippen LogP contribution in [0.4, 0.5) is 11.4 Å². The van der Waals surface area contributed by atoms with Gasteiger partial charge >= 0.3 is 5.97 Å². The topological polar surface area (TPSA) is 144 Å². The largest absolute Gasteiger partial charge is 0.477 e. The molecule has 0 spiro atoms. The lowest BCUT2D eigenvalue weighted by Crippen LogP contribution is -2.76. The van der Waals surface area contributed by atoms with E-state index in [2.05, 4.69) is 18.3 Å². The second-order valence-corrected chi connectivity index (χ2v) is 17.8. The quantitative estimate of drug-likeness (QED) is 0.191. The standard InChI is InChI=1S/C40H47N5O7S/c1-4-8-28-9-5-6-11-31(28)41-34(47)24-45-20-17-44(18-21-45,19-22-45)16-15-27-13-14-33-36-29(27)10-7-12-32(36)42(53(33,51)52)23-30-25(2)37-35(26(3)46)39(48)43(37)38(30)40(49)50/h5-7,9-14,25-26,35,37,46H,4,8,15-24H2,1-3H3/p+2/t25-,26+,35+,37+,44?,45?/m0/s1. The fraction of sp³-hybridized carbons (Fsp3) is 0.475. The van der Waals surface area contributed by atoms with Crippen LogP contribution in [-0.4, -0.2) is 121 Å². The van der Waals surface area contributed by atoms with E-state index in [4.69, 9.17) is 0 Å². The van der Waals surface area contributed by atoms with Crippen molar-refractivity contribution in [2.24, 2.45) is 11.8 Å². The normalized spacial score (nSPS) is 28.7. The van der Waals surface area contributed by atoms with Crippen molar-refractivity contribution in [1.82, 2.24) is 4.90 Å². The van der Waals surface area contributed by atoms with Crippen molar-refractivity contribution in [3.05, 3.63) is 77.0 Å². The van der Waals surface area contributed by atoms with Gasteiger partial charge in [0.2, 0.25) is 5.91 Å². The molecule has 53 heavy (non-hydrogen) atoms. The zero-order valence-corrected chi connectivity index (χ0v) is 31.4. The van der Waals surface area contributed by atoms with Gasteiger partial charge < -0.3 is 29.4 Å². The molecular weight excluding hydrogens is 695 g/mol. The molecule has 9 rings (SSSR count). The number of hydrogen-bond donors (Lipinski definition) is 3. The number of amides is 2. The number of para-hydroxylation sites is 1. The molecule has 3 aromatic carbocycles. The zero-order chi connectivity index (χ0) is 37.4. The van der Waals surface area contributed by atoms with Crippen molar-refractivity contribution in [3.8, 4) is 0 Å². The third kappa shape index (κ3) is 5.66. The van der Waals surface area contributed by atoms with E-state index in [1.807, 2.05) is 36.4 Å². The minimum Gasteiger partial charge on any atom is -0.477 e. The van der Waals surface area contributed by atoms with Gasteiger partial charge in [-0.1, -0.05) is 56.7 Å². The molecule has 280 valence electrons. The van der Waals surface area contributed by atoms with E-state index in [9.17, 15) is 33.0 Å². The summed E-state index contributed by atoms with van der Waals surface area (Å²) < 4.78 is 31.4. The Hall–Kier alpha value is -4.30. The number of piperazine rings is 3. The minimum absolute atomic E-state index is 0.0764. The maximum atomic E-state index is 14.1. The fourth-order valence-corrected chi connectivity index (χ4v) is 11.7. The van der Waals surface area contributed by atoms with Crippen LogP contribution < -0.4 is 9.62 Å². The van der Waals surface area contributed by atoms with Crippen LogP contribution in [0.2, 0.25) is 0 Å². The Morgan fingerprint density at radius 1 is 0.943 bits per heavy atom. The Balaban J connectivity index is 0.981. The number of nitrogens with one attached hydrogen (secondary N) is 1. The summed E-state index contributed by atoms with van der Waals surface area (Å²) in [6.45, 7) is 12.5. The number of aryl methyl sites for hydroxylation is 1. The molecule has 0 aliphatic carbocycles. The Morgan fingerprint density at radius 3 is 2.32 bits per heavy atom. The van der Waals surface area contributed by atoms with Gasteiger partial charge in [-0.15, -0.1) is 0 Å². The number of carbonyl (C=O) groups is 3. The van der Waals surface area contributed by atoms with Crippen molar-refractivity contribution in [2.45, 2.75) is 57.1 Å². The van der Waals surface area contributed by atoms with Gasteiger partial charge in [0.25, 0.3) is 15.9 Å². The van der Waals surface area contributed by atoms with Gasteiger partial charge in [-0.2, -0.15) is 0 Å². The van der Waals surface area contributed by atoms with Crippen LogP contribution >= 0.6 is 0 Å². The second kappa shape index (κ2) is 12.9. The van der Waals surface area contributed by atoms with Crippen molar-refractivity contribution in [2.75, 3.05) is 68.5 Å². The van der Waals surface area contributed by atoms with Crippen LogP contribution in [0.1, 0.15) is 38.3 Å². The lowest BCUT2D eigenvalue weighted by molar-refractivity contribution is -1.08. The zero-order valence-electron chi connectivity index (χ0n) is 30.6. The first-order valence-electron chi connectivity index (χ1n) is 18.9. The summed E-state index contributed by atoms with van der Waals surface area (Å²) in [5, 5.41) is 25.2. The van der Waals surface area contributed by atoms with Gasteiger partial charge in [0.1, 0.15) is 45.0 Å². The van der Waals surface area contributed by atoms with Crippen LogP contribution in [-0.2, 0) is 37.2 Å². The van der Waals surface area contributed by atoms with Crippen LogP contribution in [0.3, 0.4) is 0 Å². The number of sulfonamides is 1. The number of hydrogen-bond acceptors (Lipinski definition) is 6. The molecule has 2 bridgehead atoms. The van der Waals surface area contributed by atoms with Gasteiger partial charge in [-0.3, -0.25) is 13.9 Å². The number of carbonyl (C=O) groups excluding carboxylic acids is 2. The van der Waals surface area contributed by atoms with E-state index in [0.29, 0.717) is 23.2 Å². The highest BCUT2D eigenvalue weighted by Crippen LogP contribution is 2.50. The third-order valence-electron chi connectivity index (χ3n) is 13.0. The highest BCUT2D eigenvalue weighted by atomic mass is 32.2. The average molecular weight is 744 g/mol. The van der Waals surface area contributed by atoms with Gasteiger partial charge in [0.05, 0.1) is 41.7 Å². The summed E-state index contributed by atoms with van der Waals surface area (Å²) in [6, 6.07) is 16.8. The number of aliphatic hydroxyl groups excluding tert-OH is 1. The SMILES string of the molecule is CCCc1ccccc1NC(=O)C[N+]12CC[N+](CCc3ccc4c5c(cccc35)N(CC3=C(C(=O)O)N5C(=O)[C@H]([C@@H](C)O)[C@H]5[C@H]3C)S4(=O)=O)(CC1)CC2. The van der Waals surface area contributed by atoms with Gasteiger partial charge in [-0.25, -0.2) is 13.2 Å². The number of carboxylic acids is 1. The molecule has 0 unspecified atom stereocenters. The van der Waals surface area contributed by atoms with E-state index in [-0.39, 0.29) is 23.0 Å². The van der Waals surface area contributed by atoms with Crippen molar-refractivity contribution in [1.29, 1.82) is 0 Å². The molecule has 3 aromatic rings. The Morgan fingerprint density at radius 2 is 1.64 bits per heavy atom. The summed E-state index contributed by atoms with van der Waals surface area (Å²) in [5.41, 5.74) is 3.86.